The number of aromatic amines is 1. The molecule has 2 atom stereocenters. The van der Waals surface area contributed by atoms with Gasteiger partial charge in [0.2, 0.25) is 0 Å². The first-order valence-corrected chi connectivity index (χ1v) is 6.04. The molecule has 0 saturated carbocycles. The largest absolute Gasteiger partial charge is 0.377 e. The summed E-state index contributed by atoms with van der Waals surface area (Å²) in [6.45, 7) is 8.08. The van der Waals surface area contributed by atoms with Gasteiger partial charge in [-0.05, 0) is 33.6 Å². The minimum Gasteiger partial charge on any atom is -0.377 e. The van der Waals surface area contributed by atoms with Gasteiger partial charge in [-0.15, -0.1) is 0 Å². The Hall–Kier alpha value is -0.870. The van der Waals surface area contributed by atoms with E-state index in [4.69, 9.17) is 4.74 Å². The Morgan fingerprint density at radius 1 is 1.56 bits per heavy atom. The van der Waals surface area contributed by atoms with Crippen molar-refractivity contribution in [3.05, 3.63) is 17.0 Å². The normalized spacial score (nSPS) is 22.6. The number of aryl methyl sites for hydroxylation is 2. The van der Waals surface area contributed by atoms with Gasteiger partial charge in [-0.2, -0.15) is 5.10 Å². The molecule has 1 aromatic rings. The number of ether oxygens (including phenoxy) is 1. The van der Waals surface area contributed by atoms with Gasteiger partial charge in [0, 0.05) is 30.5 Å². The number of nitrogens with zero attached hydrogens (tertiary/aromatic N) is 1. The van der Waals surface area contributed by atoms with Gasteiger partial charge < -0.3 is 10.1 Å². The average molecular weight is 223 g/mol. The van der Waals surface area contributed by atoms with Crippen LogP contribution in [0.1, 0.15) is 36.7 Å². The van der Waals surface area contributed by atoms with E-state index < -0.39 is 0 Å². The number of H-pyrrole nitrogens is 1. The van der Waals surface area contributed by atoms with E-state index in [2.05, 4.69) is 29.4 Å². The summed E-state index contributed by atoms with van der Waals surface area (Å²) in [7, 11) is 0. The summed E-state index contributed by atoms with van der Waals surface area (Å²) < 4.78 is 5.66. The summed E-state index contributed by atoms with van der Waals surface area (Å²) in [6.07, 6.45) is 2.75. The third-order valence-corrected chi connectivity index (χ3v) is 3.40. The van der Waals surface area contributed by atoms with E-state index in [0.29, 0.717) is 12.1 Å². The molecule has 4 nitrogen and oxygen atoms in total. The molecule has 1 aromatic heterocycles. The van der Waals surface area contributed by atoms with Crippen LogP contribution in [0.15, 0.2) is 0 Å². The number of rotatable bonds is 4. The molecule has 2 N–H and O–H groups in total. The fraction of sp³-hybridized carbons (Fsp3) is 0.750. The molecule has 16 heavy (non-hydrogen) atoms. The molecule has 1 fully saturated rings. The molecule has 0 radical (unpaired) electrons. The first-order chi connectivity index (χ1) is 7.68. The van der Waals surface area contributed by atoms with E-state index in [-0.39, 0.29) is 0 Å². The SMILES string of the molecule is Cc1n[nH]c(C)c1CNC(C)C1CCCO1. The topological polar surface area (TPSA) is 49.9 Å². The van der Waals surface area contributed by atoms with E-state index >= 15 is 0 Å². The first-order valence-electron chi connectivity index (χ1n) is 6.04. The summed E-state index contributed by atoms with van der Waals surface area (Å²) in [6, 6.07) is 0.413. The summed E-state index contributed by atoms with van der Waals surface area (Å²) in [5, 5.41) is 10.7. The van der Waals surface area contributed by atoms with Gasteiger partial charge >= 0.3 is 0 Å². The van der Waals surface area contributed by atoms with Gasteiger partial charge in [0.15, 0.2) is 0 Å². The second-order valence-corrected chi connectivity index (χ2v) is 4.63. The predicted octanol–water partition coefficient (Wildman–Crippen LogP) is 1.68. The van der Waals surface area contributed by atoms with E-state index in [1.807, 2.05) is 6.92 Å². The molecular weight excluding hydrogens is 202 g/mol. The maximum absolute atomic E-state index is 5.66. The molecule has 2 unspecified atom stereocenters. The number of aromatic nitrogens is 2. The summed E-state index contributed by atoms with van der Waals surface area (Å²) in [5.74, 6) is 0. The molecule has 0 bridgehead atoms. The molecule has 90 valence electrons. The lowest BCUT2D eigenvalue weighted by Crippen LogP contribution is -2.36. The lowest BCUT2D eigenvalue weighted by molar-refractivity contribution is 0.0831. The van der Waals surface area contributed by atoms with E-state index in [9.17, 15) is 0 Å². The monoisotopic (exact) mass is 223 g/mol. The van der Waals surface area contributed by atoms with E-state index in [1.165, 1.54) is 18.4 Å². The minimum atomic E-state index is 0.382. The summed E-state index contributed by atoms with van der Waals surface area (Å²) in [4.78, 5) is 0. The number of nitrogens with one attached hydrogen (secondary N) is 2. The van der Waals surface area contributed by atoms with E-state index in [1.54, 1.807) is 0 Å². The Morgan fingerprint density at radius 3 is 2.94 bits per heavy atom. The van der Waals surface area contributed by atoms with Crippen molar-refractivity contribution in [3.63, 3.8) is 0 Å². The Labute approximate surface area is 96.8 Å². The first kappa shape index (κ1) is 11.6. The molecule has 4 heteroatoms. The molecule has 0 spiro atoms. The second kappa shape index (κ2) is 4.97. The van der Waals surface area contributed by atoms with Crippen LogP contribution in [0.3, 0.4) is 0 Å². The minimum absolute atomic E-state index is 0.382. The Kier molecular flexibility index (Phi) is 3.61. The van der Waals surface area contributed by atoms with Crippen LogP contribution in [0.5, 0.6) is 0 Å². The highest BCUT2D eigenvalue weighted by molar-refractivity contribution is 5.22. The lowest BCUT2D eigenvalue weighted by Gasteiger charge is -2.20. The van der Waals surface area contributed by atoms with Crippen LogP contribution in [-0.4, -0.2) is 29.0 Å². The van der Waals surface area contributed by atoms with Crippen molar-refractivity contribution >= 4 is 0 Å². The van der Waals surface area contributed by atoms with Gasteiger partial charge in [-0.1, -0.05) is 0 Å². The highest BCUT2D eigenvalue weighted by atomic mass is 16.5. The van der Waals surface area contributed by atoms with Gasteiger partial charge in [-0.3, -0.25) is 5.10 Å². The quantitative estimate of drug-likeness (QED) is 0.816. The van der Waals surface area contributed by atoms with E-state index in [0.717, 1.165) is 24.5 Å². The van der Waals surface area contributed by atoms with Crippen molar-refractivity contribution in [2.75, 3.05) is 6.61 Å². The third-order valence-electron chi connectivity index (χ3n) is 3.40. The van der Waals surface area contributed by atoms with Crippen molar-refractivity contribution in [1.82, 2.24) is 15.5 Å². The molecule has 1 aliphatic heterocycles. The van der Waals surface area contributed by atoms with Crippen molar-refractivity contribution in [3.8, 4) is 0 Å². The molecule has 2 rings (SSSR count). The van der Waals surface area contributed by atoms with Crippen LogP contribution in [0.4, 0.5) is 0 Å². The molecule has 0 aliphatic carbocycles. The van der Waals surface area contributed by atoms with Crippen LogP contribution in [0, 0.1) is 13.8 Å². The number of hydrogen-bond acceptors (Lipinski definition) is 3. The Bertz CT molecular complexity index is 323. The Balaban J connectivity index is 1.87. The van der Waals surface area contributed by atoms with Crippen molar-refractivity contribution in [2.24, 2.45) is 0 Å². The predicted molar refractivity (Wildman–Crippen MR) is 63.3 cm³/mol. The zero-order valence-corrected chi connectivity index (χ0v) is 10.3. The number of hydrogen-bond donors (Lipinski definition) is 2. The molecule has 0 amide bonds. The van der Waals surface area contributed by atoms with Crippen LogP contribution in [-0.2, 0) is 11.3 Å². The second-order valence-electron chi connectivity index (χ2n) is 4.63. The van der Waals surface area contributed by atoms with Crippen molar-refractivity contribution < 1.29 is 4.74 Å². The fourth-order valence-corrected chi connectivity index (χ4v) is 2.23. The van der Waals surface area contributed by atoms with Crippen LogP contribution in [0.2, 0.25) is 0 Å². The van der Waals surface area contributed by atoms with Gasteiger partial charge in [-0.25, -0.2) is 0 Å². The van der Waals surface area contributed by atoms with Gasteiger partial charge in [0.05, 0.1) is 11.8 Å². The van der Waals surface area contributed by atoms with Crippen molar-refractivity contribution in [2.45, 2.75) is 52.3 Å². The zero-order valence-electron chi connectivity index (χ0n) is 10.3. The smallest absolute Gasteiger partial charge is 0.0726 e. The maximum Gasteiger partial charge on any atom is 0.0726 e. The zero-order chi connectivity index (χ0) is 11.5. The fourth-order valence-electron chi connectivity index (χ4n) is 2.23. The Morgan fingerprint density at radius 2 is 2.38 bits per heavy atom. The van der Waals surface area contributed by atoms with Crippen LogP contribution in [0.25, 0.3) is 0 Å². The average Bonchev–Trinajstić information content (AvgIpc) is 2.87. The third kappa shape index (κ3) is 2.44. The maximum atomic E-state index is 5.66. The molecule has 0 aromatic carbocycles. The highest BCUT2D eigenvalue weighted by Crippen LogP contribution is 2.16. The summed E-state index contributed by atoms with van der Waals surface area (Å²) >= 11 is 0. The molecule has 1 saturated heterocycles. The molecule has 1 aliphatic rings. The molecular formula is C12H21N3O. The highest BCUT2D eigenvalue weighted by Gasteiger charge is 2.22. The lowest BCUT2D eigenvalue weighted by atomic mass is 10.1. The van der Waals surface area contributed by atoms with Crippen LogP contribution >= 0.6 is 0 Å². The van der Waals surface area contributed by atoms with Gasteiger partial charge in [0.1, 0.15) is 0 Å². The van der Waals surface area contributed by atoms with Gasteiger partial charge in [0.25, 0.3) is 0 Å². The standard InChI is InChI=1S/C12H21N3O/c1-8-11(9(2)15-14-8)7-13-10(3)12-5-4-6-16-12/h10,12-13H,4-7H2,1-3H3,(H,14,15). The summed E-state index contributed by atoms with van der Waals surface area (Å²) in [5.41, 5.74) is 3.53. The van der Waals surface area contributed by atoms with Crippen LogP contribution < -0.4 is 5.32 Å². The molecule has 2 heterocycles. The van der Waals surface area contributed by atoms with Crippen molar-refractivity contribution in [1.29, 1.82) is 0 Å².